The third kappa shape index (κ3) is 4.08. The van der Waals surface area contributed by atoms with Gasteiger partial charge in [0.2, 0.25) is 11.8 Å². The predicted octanol–water partition coefficient (Wildman–Crippen LogP) is 2.29. The fourth-order valence-corrected chi connectivity index (χ4v) is 3.69. The molecule has 5 nitrogen and oxygen atoms in total. The van der Waals surface area contributed by atoms with Gasteiger partial charge >= 0.3 is 0 Å². The first-order valence-electron chi connectivity index (χ1n) is 8.70. The third-order valence-corrected chi connectivity index (χ3v) is 5.13. The summed E-state index contributed by atoms with van der Waals surface area (Å²) in [7, 11) is 0. The second-order valence-corrected chi connectivity index (χ2v) is 6.96. The molecule has 24 heavy (non-hydrogen) atoms. The summed E-state index contributed by atoms with van der Waals surface area (Å²) in [5, 5.41) is 3.53. The van der Waals surface area contributed by atoms with Gasteiger partial charge in [-0.1, -0.05) is 30.2 Å². The Morgan fingerprint density at radius 3 is 2.71 bits per heavy atom. The smallest absolute Gasteiger partial charge is 0.227 e. The number of rotatable bonds is 5. The van der Waals surface area contributed by atoms with Crippen LogP contribution in [0.5, 0.6) is 0 Å². The van der Waals surface area contributed by atoms with E-state index >= 15 is 0 Å². The van der Waals surface area contributed by atoms with E-state index in [-0.39, 0.29) is 24.2 Å². The highest BCUT2D eigenvalue weighted by atomic mass is 35.5. The van der Waals surface area contributed by atoms with Crippen molar-refractivity contribution in [3.05, 3.63) is 29.3 Å². The topological polar surface area (TPSA) is 52.7 Å². The van der Waals surface area contributed by atoms with Crippen molar-refractivity contribution in [2.24, 2.45) is 5.92 Å². The van der Waals surface area contributed by atoms with E-state index in [1.165, 1.54) is 19.3 Å². The summed E-state index contributed by atoms with van der Waals surface area (Å²) in [6, 6.07) is 7.25. The van der Waals surface area contributed by atoms with Gasteiger partial charge in [0.1, 0.15) is 0 Å². The van der Waals surface area contributed by atoms with Crippen molar-refractivity contribution in [2.45, 2.75) is 25.7 Å². The SMILES string of the molecule is O=C(NCCN1CCCCC1)C1CC(=O)N(c2ccccc2Cl)C1. The average Bonchev–Trinajstić information content (AvgIpc) is 2.98. The number of likely N-dealkylation sites (tertiary alicyclic amines) is 1. The second-order valence-electron chi connectivity index (χ2n) is 6.55. The Kier molecular flexibility index (Phi) is 5.74. The maximum absolute atomic E-state index is 12.4. The Hall–Kier alpha value is -1.59. The molecule has 3 rings (SSSR count). The van der Waals surface area contributed by atoms with Gasteiger partial charge in [0.05, 0.1) is 16.6 Å². The van der Waals surface area contributed by atoms with E-state index in [4.69, 9.17) is 11.6 Å². The minimum Gasteiger partial charge on any atom is -0.355 e. The Bertz CT molecular complexity index is 602. The normalized spacial score (nSPS) is 22.0. The fourth-order valence-electron chi connectivity index (χ4n) is 3.45. The van der Waals surface area contributed by atoms with Gasteiger partial charge in [0, 0.05) is 26.1 Å². The van der Waals surface area contributed by atoms with E-state index in [1.807, 2.05) is 18.2 Å². The number of halogens is 1. The van der Waals surface area contributed by atoms with Gasteiger partial charge in [-0.25, -0.2) is 0 Å². The molecule has 0 aliphatic carbocycles. The molecule has 1 aromatic carbocycles. The zero-order valence-corrected chi connectivity index (χ0v) is 14.6. The Labute approximate surface area is 147 Å². The summed E-state index contributed by atoms with van der Waals surface area (Å²) in [6.45, 7) is 4.19. The van der Waals surface area contributed by atoms with Crippen LogP contribution in [0.4, 0.5) is 5.69 Å². The molecule has 0 saturated carbocycles. The molecule has 2 aliphatic rings. The minimum atomic E-state index is -0.296. The van der Waals surface area contributed by atoms with Gasteiger partial charge in [0.15, 0.2) is 0 Å². The predicted molar refractivity (Wildman–Crippen MR) is 95.2 cm³/mol. The average molecular weight is 350 g/mol. The summed E-state index contributed by atoms with van der Waals surface area (Å²) >= 11 is 6.17. The van der Waals surface area contributed by atoms with Crippen LogP contribution in [-0.2, 0) is 9.59 Å². The van der Waals surface area contributed by atoms with Crippen molar-refractivity contribution >= 4 is 29.1 Å². The Balaban J connectivity index is 1.49. The first-order valence-corrected chi connectivity index (χ1v) is 9.08. The molecule has 2 fully saturated rings. The highest BCUT2D eigenvalue weighted by Gasteiger charge is 2.35. The van der Waals surface area contributed by atoms with E-state index in [2.05, 4.69) is 10.2 Å². The van der Waals surface area contributed by atoms with Gasteiger partial charge in [-0.3, -0.25) is 9.59 Å². The molecule has 1 N–H and O–H groups in total. The standard InChI is InChI=1S/C18H24ClN3O2/c19-15-6-2-3-7-16(15)22-13-14(12-17(22)23)18(24)20-8-11-21-9-4-1-5-10-21/h2-3,6-7,14H,1,4-5,8-13H2,(H,20,24). The van der Waals surface area contributed by atoms with Crippen molar-refractivity contribution in [1.29, 1.82) is 0 Å². The van der Waals surface area contributed by atoms with Crippen molar-refractivity contribution in [1.82, 2.24) is 10.2 Å². The van der Waals surface area contributed by atoms with Crippen LogP contribution in [0.15, 0.2) is 24.3 Å². The molecule has 0 spiro atoms. The highest BCUT2D eigenvalue weighted by Crippen LogP contribution is 2.30. The lowest BCUT2D eigenvalue weighted by Crippen LogP contribution is -2.40. The number of benzene rings is 1. The lowest BCUT2D eigenvalue weighted by molar-refractivity contribution is -0.126. The maximum Gasteiger partial charge on any atom is 0.227 e. The number of hydrogen-bond acceptors (Lipinski definition) is 3. The van der Waals surface area contributed by atoms with Crippen molar-refractivity contribution in [2.75, 3.05) is 37.6 Å². The van der Waals surface area contributed by atoms with Crippen molar-refractivity contribution < 1.29 is 9.59 Å². The third-order valence-electron chi connectivity index (χ3n) is 4.82. The van der Waals surface area contributed by atoms with Gasteiger partial charge in [-0.15, -0.1) is 0 Å². The molecule has 6 heteroatoms. The molecule has 2 amide bonds. The number of carbonyl (C=O) groups is 2. The molecule has 1 aromatic rings. The second kappa shape index (κ2) is 7.99. The van der Waals surface area contributed by atoms with E-state index in [1.54, 1.807) is 11.0 Å². The Morgan fingerprint density at radius 1 is 1.21 bits per heavy atom. The molecule has 2 heterocycles. The van der Waals surface area contributed by atoms with E-state index in [0.717, 1.165) is 19.6 Å². The lowest BCUT2D eigenvalue weighted by atomic mass is 10.1. The number of amides is 2. The number of nitrogens with zero attached hydrogens (tertiary/aromatic N) is 2. The molecule has 0 radical (unpaired) electrons. The summed E-state index contributed by atoms with van der Waals surface area (Å²) in [5.74, 6) is -0.371. The van der Waals surface area contributed by atoms with Crippen LogP contribution in [0.2, 0.25) is 5.02 Å². The van der Waals surface area contributed by atoms with Gasteiger partial charge < -0.3 is 15.1 Å². The summed E-state index contributed by atoms with van der Waals surface area (Å²) < 4.78 is 0. The van der Waals surface area contributed by atoms with E-state index in [9.17, 15) is 9.59 Å². The van der Waals surface area contributed by atoms with Crippen LogP contribution in [0.1, 0.15) is 25.7 Å². The highest BCUT2D eigenvalue weighted by molar-refractivity contribution is 6.33. The monoisotopic (exact) mass is 349 g/mol. The van der Waals surface area contributed by atoms with Crippen LogP contribution >= 0.6 is 11.6 Å². The minimum absolute atomic E-state index is 0.0325. The Morgan fingerprint density at radius 2 is 1.96 bits per heavy atom. The summed E-state index contributed by atoms with van der Waals surface area (Å²) in [4.78, 5) is 28.6. The summed E-state index contributed by atoms with van der Waals surface area (Å²) in [5.41, 5.74) is 0.688. The molecule has 0 aromatic heterocycles. The van der Waals surface area contributed by atoms with Crippen LogP contribution in [0.25, 0.3) is 0 Å². The van der Waals surface area contributed by atoms with E-state index < -0.39 is 0 Å². The number of piperidine rings is 1. The van der Waals surface area contributed by atoms with Crippen LogP contribution in [0.3, 0.4) is 0 Å². The summed E-state index contributed by atoms with van der Waals surface area (Å²) in [6.07, 6.45) is 4.06. The fraction of sp³-hybridized carbons (Fsp3) is 0.556. The maximum atomic E-state index is 12.4. The molecular weight excluding hydrogens is 326 g/mol. The molecule has 2 saturated heterocycles. The number of nitrogens with one attached hydrogen (secondary N) is 1. The molecule has 1 unspecified atom stereocenters. The zero-order chi connectivity index (χ0) is 16.9. The molecule has 0 bridgehead atoms. The van der Waals surface area contributed by atoms with E-state index in [0.29, 0.717) is 23.8 Å². The number of anilines is 1. The number of para-hydroxylation sites is 1. The van der Waals surface area contributed by atoms with Gasteiger partial charge in [0.25, 0.3) is 0 Å². The van der Waals surface area contributed by atoms with Gasteiger partial charge in [-0.05, 0) is 38.1 Å². The molecule has 2 aliphatic heterocycles. The van der Waals surface area contributed by atoms with Crippen molar-refractivity contribution in [3.8, 4) is 0 Å². The van der Waals surface area contributed by atoms with Gasteiger partial charge in [-0.2, -0.15) is 0 Å². The van der Waals surface area contributed by atoms with Crippen LogP contribution in [-0.4, -0.2) is 49.4 Å². The molecule has 1 atom stereocenters. The first kappa shape index (κ1) is 17.2. The van der Waals surface area contributed by atoms with Crippen LogP contribution < -0.4 is 10.2 Å². The lowest BCUT2D eigenvalue weighted by Gasteiger charge is -2.26. The molecular formula is C18H24ClN3O2. The first-order chi connectivity index (χ1) is 11.6. The zero-order valence-electron chi connectivity index (χ0n) is 13.8. The number of carbonyl (C=O) groups excluding carboxylic acids is 2. The van der Waals surface area contributed by atoms with Crippen molar-refractivity contribution in [3.63, 3.8) is 0 Å². The van der Waals surface area contributed by atoms with Crippen LogP contribution in [0, 0.1) is 5.92 Å². The molecule has 130 valence electrons. The number of hydrogen-bond donors (Lipinski definition) is 1. The quantitative estimate of drug-likeness (QED) is 0.887. The largest absolute Gasteiger partial charge is 0.355 e.